The molecule has 0 spiro atoms. The van der Waals surface area contributed by atoms with Crippen molar-refractivity contribution < 1.29 is 4.74 Å². The minimum atomic E-state index is 0.790. The van der Waals surface area contributed by atoms with Crippen molar-refractivity contribution >= 4 is 0 Å². The van der Waals surface area contributed by atoms with E-state index in [0.29, 0.717) is 0 Å². The van der Waals surface area contributed by atoms with Crippen molar-refractivity contribution in [3.05, 3.63) is 42.2 Å². The zero-order valence-corrected chi connectivity index (χ0v) is 19.5. The van der Waals surface area contributed by atoms with Crippen LogP contribution < -0.4 is 4.74 Å². The summed E-state index contributed by atoms with van der Waals surface area (Å²) in [5.41, 5.74) is 2.28. The molecule has 166 valence electrons. The van der Waals surface area contributed by atoms with Gasteiger partial charge in [-0.2, -0.15) is 0 Å². The van der Waals surface area contributed by atoms with Gasteiger partial charge < -0.3 is 4.74 Å². The van der Waals surface area contributed by atoms with E-state index in [4.69, 9.17) is 4.74 Å². The molecule has 0 saturated carbocycles. The number of rotatable bonds is 16. The van der Waals surface area contributed by atoms with E-state index in [1.807, 2.05) is 24.5 Å². The quantitative estimate of drug-likeness (QED) is 0.263. The fourth-order valence-corrected chi connectivity index (χ4v) is 3.86. The van der Waals surface area contributed by atoms with Gasteiger partial charge in [-0.1, -0.05) is 78.6 Å². The Labute approximate surface area is 184 Å². The molecule has 0 radical (unpaired) electrons. The van der Waals surface area contributed by atoms with Crippen molar-refractivity contribution in [3.8, 4) is 17.1 Å². The van der Waals surface area contributed by atoms with E-state index in [2.05, 4.69) is 42.9 Å². The van der Waals surface area contributed by atoms with Gasteiger partial charge >= 0.3 is 0 Å². The topological polar surface area (TPSA) is 35.0 Å². The van der Waals surface area contributed by atoms with Gasteiger partial charge in [0.25, 0.3) is 0 Å². The van der Waals surface area contributed by atoms with E-state index < -0.39 is 0 Å². The van der Waals surface area contributed by atoms with E-state index in [9.17, 15) is 0 Å². The monoisotopic (exact) mass is 410 g/mol. The van der Waals surface area contributed by atoms with Crippen LogP contribution >= 0.6 is 0 Å². The molecule has 0 aliphatic carbocycles. The zero-order valence-electron chi connectivity index (χ0n) is 19.5. The Morgan fingerprint density at radius 3 is 2.17 bits per heavy atom. The van der Waals surface area contributed by atoms with Crippen LogP contribution in [-0.2, 0) is 6.42 Å². The summed E-state index contributed by atoms with van der Waals surface area (Å²) in [6.07, 6.45) is 19.3. The summed E-state index contributed by atoms with van der Waals surface area (Å²) in [4.78, 5) is 9.16. The smallest absolute Gasteiger partial charge is 0.159 e. The molecule has 1 aromatic carbocycles. The van der Waals surface area contributed by atoms with Gasteiger partial charge in [0.05, 0.1) is 6.61 Å². The molecule has 0 bridgehead atoms. The summed E-state index contributed by atoms with van der Waals surface area (Å²) in [5, 5.41) is 0. The van der Waals surface area contributed by atoms with Gasteiger partial charge in [-0.3, -0.25) is 0 Å². The van der Waals surface area contributed by atoms with Crippen LogP contribution in [0.15, 0.2) is 36.7 Å². The van der Waals surface area contributed by atoms with E-state index in [-0.39, 0.29) is 0 Å². The average Bonchev–Trinajstić information content (AvgIpc) is 2.77. The molecular weight excluding hydrogens is 368 g/mol. The second-order valence-electron chi connectivity index (χ2n) is 8.70. The summed E-state index contributed by atoms with van der Waals surface area (Å²) in [5.74, 6) is 2.57. The van der Waals surface area contributed by atoms with E-state index in [1.165, 1.54) is 69.8 Å². The predicted octanol–water partition coefficient (Wildman–Crippen LogP) is 8.03. The molecule has 0 N–H and O–H groups in total. The molecule has 0 amide bonds. The van der Waals surface area contributed by atoms with Gasteiger partial charge in [0.2, 0.25) is 0 Å². The van der Waals surface area contributed by atoms with Crippen LogP contribution in [0.3, 0.4) is 0 Å². The van der Waals surface area contributed by atoms with Crippen molar-refractivity contribution in [2.75, 3.05) is 6.61 Å². The van der Waals surface area contributed by atoms with Crippen LogP contribution in [0.4, 0.5) is 0 Å². The Morgan fingerprint density at radius 2 is 1.47 bits per heavy atom. The van der Waals surface area contributed by atoms with Crippen LogP contribution in [-0.4, -0.2) is 16.6 Å². The number of hydrogen-bond donors (Lipinski definition) is 0. The highest BCUT2D eigenvalue weighted by atomic mass is 16.5. The Morgan fingerprint density at radius 1 is 0.767 bits per heavy atom. The molecule has 2 aromatic rings. The first-order valence-electron chi connectivity index (χ1n) is 12.3. The third kappa shape index (κ3) is 9.73. The lowest BCUT2D eigenvalue weighted by atomic mass is 9.98. The van der Waals surface area contributed by atoms with Gasteiger partial charge in [-0.25, -0.2) is 9.97 Å². The second-order valence-corrected chi connectivity index (χ2v) is 8.70. The number of nitrogens with zero attached hydrogens (tertiary/aromatic N) is 2. The first-order valence-corrected chi connectivity index (χ1v) is 12.3. The fraction of sp³-hybridized carbons (Fsp3) is 0.630. The normalized spacial score (nSPS) is 12.1. The van der Waals surface area contributed by atoms with Crippen molar-refractivity contribution in [3.63, 3.8) is 0 Å². The zero-order chi connectivity index (χ0) is 21.4. The van der Waals surface area contributed by atoms with Crippen LogP contribution in [0.1, 0.15) is 97.0 Å². The number of benzene rings is 1. The highest BCUT2D eigenvalue weighted by Crippen LogP contribution is 2.20. The fourth-order valence-electron chi connectivity index (χ4n) is 3.86. The third-order valence-electron chi connectivity index (χ3n) is 5.78. The molecule has 0 fully saturated rings. The molecule has 2 rings (SSSR count). The second kappa shape index (κ2) is 15.0. The molecular formula is C27H42N2O. The number of ether oxygens (including phenoxy) is 1. The maximum atomic E-state index is 5.87. The Hall–Kier alpha value is -1.90. The average molecular weight is 411 g/mol. The van der Waals surface area contributed by atoms with E-state index >= 15 is 0 Å². The highest BCUT2D eigenvalue weighted by Gasteiger charge is 2.04. The minimum Gasteiger partial charge on any atom is -0.494 e. The van der Waals surface area contributed by atoms with Crippen molar-refractivity contribution in [2.24, 2.45) is 5.92 Å². The van der Waals surface area contributed by atoms with E-state index in [0.717, 1.165) is 42.5 Å². The first-order chi connectivity index (χ1) is 14.7. The maximum Gasteiger partial charge on any atom is 0.159 e. The molecule has 0 saturated heterocycles. The van der Waals surface area contributed by atoms with Crippen LogP contribution in [0.5, 0.6) is 5.75 Å². The standard InChI is InChI=1S/C27H42N2O/c1-4-6-7-8-9-12-20-30-26-18-16-25(17-19-26)27-28-21-24(22-29-27)15-11-10-14-23(3)13-5-2/h16-19,21-23H,4-15,20H2,1-3H3. The van der Waals surface area contributed by atoms with Gasteiger partial charge in [0.1, 0.15) is 5.75 Å². The van der Waals surface area contributed by atoms with Crippen LogP contribution in [0.25, 0.3) is 11.4 Å². The lowest BCUT2D eigenvalue weighted by Crippen LogP contribution is -1.98. The minimum absolute atomic E-state index is 0.790. The van der Waals surface area contributed by atoms with Crippen LogP contribution in [0, 0.1) is 5.92 Å². The molecule has 1 aromatic heterocycles. The molecule has 3 heteroatoms. The molecule has 3 nitrogen and oxygen atoms in total. The predicted molar refractivity (Wildman–Crippen MR) is 128 cm³/mol. The molecule has 1 unspecified atom stereocenters. The van der Waals surface area contributed by atoms with Gasteiger partial charge in [-0.05, 0) is 55.0 Å². The Kier molecular flexibility index (Phi) is 12.2. The third-order valence-corrected chi connectivity index (χ3v) is 5.78. The molecule has 30 heavy (non-hydrogen) atoms. The summed E-state index contributed by atoms with van der Waals surface area (Å²) >= 11 is 0. The maximum absolute atomic E-state index is 5.87. The summed E-state index contributed by atoms with van der Waals surface area (Å²) < 4.78 is 5.87. The van der Waals surface area contributed by atoms with Crippen molar-refractivity contribution in [1.82, 2.24) is 9.97 Å². The van der Waals surface area contributed by atoms with Crippen LogP contribution in [0.2, 0.25) is 0 Å². The Balaban J connectivity index is 1.69. The lowest BCUT2D eigenvalue weighted by molar-refractivity contribution is 0.304. The molecule has 0 aliphatic heterocycles. The number of unbranched alkanes of at least 4 members (excludes halogenated alkanes) is 6. The van der Waals surface area contributed by atoms with Gasteiger partial charge in [0.15, 0.2) is 5.82 Å². The number of aryl methyl sites for hydroxylation is 1. The first kappa shape index (κ1) is 24.4. The Bertz CT molecular complexity index is 666. The van der Waals surface area contributed by atoms with E-state index in [1.54, 1.807) is 0 Å². The summed E-state index contributed by atoms with van der Waals surface area (Å²) in [7, 11) is 0. The van der Waals surface area contributed by atoms with Crippen molar-refractivity contribution in [2.45, 2.75) is 97.8 Å². The molecule has 0 aliphatic rings. The van der Waals surface area contributed by atoms with Crippen molar-refractivity contribution in [1.29, 1.82) is 0 Å². The number of hydrogen-bond acceptors (Lipinski definition) is 3. The highest BCUT2D eigenvalue weighted by molar-refractivity contribution is 5.55. The number of aromatic nitrogens is 2. The molecule has 1 heterocycles. The summed E-state index contributed by atoms with van der Waals surface area (Å²) in [6.45, 7) is 7.69. The van der Waals surface area contributed by atoms with Gasteiger partial charge in [-0.15, -0.1) is 0 Å². The lowest BCUT2D eigenvalue weighted by Gasteiger charge is -2.09. The van der Waals surface area contributed by atoms with Gasteiger partial charge in [0, 0.05) is 18.0 Å². The molecule has 1 atom stereocenters. The largest absolute Gasteiger partial charge is 0.494 e. The SMILES string of the molecule is CCCCCCCCOc1ccc(-c2ncc(CCCCC(C)CCC)cn2)cc1. The summed E-state index contributed by atoms with van der Waals surface area (Å²) in [6, 6.07) is 8.17.